The van der Waals surface area contributed by atoms with Crippen LogP contribution in [0, 0.1) is 5.82 Å². The zero-order chi connectivity index (χ0) is 19.8. The summed E-state index contributed by atoms with van der Waals surface area (Å²) in [5, 5.41) is 7.64. The molecule has 0 unspecified atom stereocenters. The van der Waals surface area contributed by atoms with E-state index >= 15 is 0 Å². The molecule has 2 heterocycles. The molecule has 0 aliphatic carbocycles. The maximum absolute atomic E-state index is 13.3. The van der Waals surface area contributed by atoms with E-state index in [1.165, 1.54) is 12.1 Å². The average Bonchev–Trinajstić information content (AvgIpc) is 3.09. The van der Waals surface area contributed by atoms with Crippen LogP contribution in [0.15, 0.2) is 47.7 Å². The van der Waals surface area contributed by atoms with E-state index in [4.69, 9.17) is 4.74 Å². The van der Waals surface area contributed by atoms with Gasteiger partial charge in [0.25, 0.3) is 0 Å². The van der Waals surface area contributed by atoms with E-state index in [0.717, 1.165) is 41.0 Å². The van der Waals surface area contributed by atoms with Crippen LogP contribution in [0.25, 0.3) is 10.9 Å². The van der Waals surface area contributed by atoms with Crippen LogP contribution >= 0.6 is 24.0 Å². The molecule has 0 saturated carbocycles. The minimum absolute atomic E-state index is 0. The fourth-order valence-electron chi connectivity index (χ4n) is 3.00. The molecule has 1 aromatic carbocycles. The van der Waals surface area contributed by atoms with Gasteiger partial charge in [-0.05, 0) is 50.1 Å². The van der Waals surface area contributed by atoms with Gasteiger partial charge in [0.2, 0.25) is 5.88 Å². The van der Waals surface area contributed by atoms with E-state index in [1.807, 2.05) is 38.2 Å². The van der Waals surface area contributed by atoms with E-state index in [2.05, 4.69) is 25.6 Å². The molecule has 6 nitrogen and oxygen atoms in total. The minimum atomic E-state index is -0.234. The number of guanidine groups is 1. The lowest BCUT2D eigenvalue weighted by atomic mass is 10.1. The SMILES string of the molecule is CCNC(=NCc1cccnc1OCC)NCCc1c[nH]c2cc(F)ccc12.I. The first-order valence-electron chi connectivity index (χ1n) is 9.55. The molecular weight excluding hydrogens is 484 g/mol. The van der Waals surface area contributed by atoms with Crippen molar-refractivity contribution < 1.29 is 9.13 Å². The normalized spacial score (nSPS) is 11.2. The van der Waals surface area contributed by atoms with Gasteiger partial charge in [-0.2, -0.15) is 0 Å². The highest BCUT2D eigenvalue weighted by molar-refractivity contribution is 14.0. The predicted octanol–water partition coefficient (Wildman–Crippen LogP) is 4.02. The molecule has 3 aromatic rings. The van der Waals surface area contributed by atoms with Crippen molar-refractivity contribution in [1.29, 1.82) is 0 Å². The number of rotatable bonds is 8. The Morgan fingerprint density at radius 2 is 2.07 bits per heavy atom. The Hall–Kier alpha value is -2.36. The van der Waals surface area contributed by atoms with Crippen molar-refractivity contribution in [3.8, 4) is 5.88 Å². The largest absolute Gasteiger partial charge is 0.478 e. The molecule has 8 heteroatoms. The first-order valence-corrected chi connectivity index (χ1v) is 9.55. The van der Waals surface area contributed by atoms with Crippen molar-refractivity contribution in [2.45, 2.75) is 26.8 Å². The van der Waals surface area contributed by atoms with Gasteiger partial charge in [0.05, 0.1) is 13.2 Å². The van der Waals surface area contributed by atoms with E-state index in [1.54, 1.807) is 6.20 Å². The van der Waals surface area contributed by atoms with Crippen molar-refractivity contribution in [3.05, 3.63) is 59.7 Å². The molecule has 0 spiro atoms. The smallest absolute Gasteiger partial charge is 0.218 e. The Bertz CT molecular complexity index is 944. The lowest BCUT2D eigenvalue weighted by Crippen LogP contribution is -2.38. The number of nitrogens with zero attached hydrogens (tertiary/aromatic N) is 2. The summed E-state index contributed by atoms with van der Waals surface area (Å²) < 4.78 is 18.9. The lowest BCUT2D eigenvalue weighted by Gasteiger charge is -2.12. The number of fused-ring (bicyclic) bond motifs is 1. The highest BCUT2D eigenvalue weighted by Gasteiger charge is 2.07. The summed E-state index contributed by atoms with van der Waals surface area (Å²) in [6, 6.07) is 8.67. The second-order valence-corrected chi connectivity index (χ2v) is 6.28. The van der Waals surface area contributed by atoms with Crippen LogP contribution in [-0.4, -0.2) is 35.6 Å². The third-order valence-corrected chi connectivity index (χ3v) is 4.30. The van der Waals surface area contributed by atoms with E-state index in [-0.39, 0.29) is 29.8 Å². The molecule has 0 aliphatic heterocycles. The Morgan fingerprint density at radius 1 is 1.21 bits per heavy atom. The minimum Gasteiger partial charge on any atom is -0.478 e. The number of benzene rings is 1. The molecule has 0 aliphatic rings. The van der Waals surface area contributed by atoms with Crippen LogP contribution in [0.4, 0.5) is 4.39 Å². The van der Waals surface area contributed by atoms with Gasteiger partial charge >= 0.3 is 0 Å². The number of hydrogen-bond acceptors (Lipinski definition) is 3. The van der Waals surface area contributed by atoms with Gasteiger partial charge in [0.15, 0.2) is 5.96 Å². The number of halogens is 2. The van der Waals surface area contributed by atoms with Gasteiger partial charge in [-0.3, -0.25) is 0 Å². The summed E-state index contributed by atoms with van der Waals surface area (Å²) in [4.78, 5) is 12.0. The molecule has 0 saturated heterocycles. The van der Waals surface area contributed by atoms with Gasteiger partial charge in [0, 0.05) is 41.9 Å². The fourth-order valence-corrected chi connectivity index (χ4v) is 3.00. The number of nitrogens with one attached hydrogen (secondary N) is 3. The Kier molecular flexibility index (Phi) is 9.17. The number of aromatic amines is 1. The van der Waals surface area contributed by atoms with Gasteiger partial charge < -0.3 is 20.4 Å². The fraction of sp³-hybridized carbons (Fsp3) is 0.333. The quantitative estimate of drug-likeness (QED) is 0.243. The van der Waals surface area contributed by atoms with Crippen LogP contribution in [0.5, 0.6) is 5.88 Å². The summed E-state index contributed by atoms with van der Waals surface area (Å²) in [6.07, 6.45) is 4.45. The first-order chi connectivity index (χ1) is 13.7. The standard InChI is InChI=1S/C21H26FN5O.HI/c1-3-23-21(27-14-16-6-5-10-24-20(16)28-4-2)25-11-9-15-13-26-19-12-17(22)7-8-18(15)19;/h5-8,10,12-13,26H,3-4,9,11,14H2,1-2H3,(H2,23,25,27);1H. The molecule has 0 amide bonds. The number of hydrogen-bond donors (Lipinski definition) is 3. The van der Waals surface area contributed by atoms with Gasteiger partial charge in [-0.25, -0.2) is 14.4 Å². The third-order valence-electron chi connectivity index (χ3n) is 4.30. The number of aliphatic imine (C=N–C) groups is 1. The second kappa shape index (κ2) is 11.6. The monoisotopic (exact) mass is 511 g/mol. The summed E-state index contributed by atoms with van der Waals surface area (Å²) in [5.41, 5.74) is 2.90. The number of ether oxygens (including phenoxy) is 1. The zero-order valence-electron chi connectivity index (χ0n) is 16.7. The van der Waals surface area contributed by atoms with Crippen LogP contribution in [0.3, 0.4) is 0 Å². The highest BCUT2D eigenvalue weighted by atomic mass is 127. The van der Waals surface area contributed by atoms with E-state index < -0.39 is 0 Å². The molecule has 0 atom stereocenters. The van der Waals surface area contributed by atoms with Crippen LogP contribution in [-0.2, 0) is 13.0 Å². The van der Waals surface area contributed by atoms with Gasteiger partial charge in [-0.1, -0.05) is 6.07 Å². The first kappa shape index (κ1) is 22.9. The van der Waals surface area contributed by atoms with Gasteiger partial charge in [0.1, 0.15) is 5.82 Å². The van der Waals surface area contributed by atoms with Crippen molar-refractivity contribution in [3.63, 3.8) is 0 Å². The van der Waals surface area contributed by atoms with E-state index in [0.29, 0.717) is 25.6 Å². The van der Waals surface area contributed by atoms with Crippen LogP contribution < -0.4 is 15.4 Å². The lowest BCUT2D eigenvalue weighted by molar-refractivity contribution is 0.323. The molecule has 2 aromatic heterocycles. The molecule has 3 N–H and O–H groups in total. The van der Waals surface area contributed by atoms with Crippen LogP contribution in [0.1, 0.15) is 25.0 Å². The number of H-pyrrole nitrogens is 1. The number of pyridine rings is 1. The third kappa shape index (κ3) is 6.31. The topological polar surface area (TPSA) is 74.3 Å². The van der Waals surface area contributed by atoms with Crippen molar-refractivity contribution in [2.75, 3.05) is 19.7 Å². The maximum atomic E-state index is 13.3. The second-order valence-electron chi connectivity index (χ2n) is 6.28. The van der Waals surface area contributed by atoms with Crippen LogP contribution in [0.2, 0.25) is 0 Å². The molecule has 0 bridgehead atoms. The molecular formula is C21H27FIN5O. The van der Waals surface area contributed by atoms with E-state index in [9.17, 15) is 4.39 Å². The van der Waals surface area contributed by atoms with Crippen molar-refractivity contribution >= 4 is 40.8 Å². The molecule has 29 heavy (non-hydrogen) atoms. The van der Waals surface area contributed by atoms with Gasteiger partial charge in [-0.15, -0.1) is 24.0 Å². The summed E-state index contributed by atoms with van der Waals surface area (Å²) in [7, 11) is 0. The van der Waals surface area contributed by atoms with Crippen molar-refractivity contribution in [1.82, 2.24) is 20.6 Å². The Balaban J connectivity index is 0.00000300. The number of aromatic nitrogens is 2. The predicted molar refractivity (Wildman–Crippen MR) is 126 cm³/mol. The molecule has 3 rings (SSSR count). The van der Waals surface area contributed by atoms with Crippen molar-refractivity contribution in [2.24, 2.45) is 4.99 Å². The molecule has 0 fully saturated rings. The highest BCUT2D eigenvalue weighted by Crippen LogP contribution is 2.19. The molecule has 156 valence electrons. The maximum Gasteiger partial charge on any atom is 0.218 e. The molecule has 0 radical (unpaired) electrons. The Morgan fingerprint density at radius 3 is 2.86 bits per heavy atom. The summed E-state index contributed by atoms with van der Waals surface area (Å²) >= 11 is 0. The summed E-state index contributed by atoms with van der Waals surface area (Å²) in [6.45, 7) is 6.49. The average molecular weight is 511 g/mol. The zero-order valence-corrected chi connectivity index (χ0v) is 19.0. The Labute approximate surface area is 187 Å². The summed E-state index contributed by atoms with van der Waals surface area (Å²) in [5.74, 6) is 1.12.